The van der Waals surface area contributed by atoms with Crippen LogP contribution in [-0.4, -0.2) is 52.1 Å². The number of nitrogens with one attached hydrogen (secondary N) is 1. The van der Waals surface area contributed by atoms with Crippen LogP contribution in [0.4, 0.5) is 4.79 Å². The fourth-order valence-corrected chi connectivity index (χ4v) is 2.00. The summed E-state index contributed by atoms with van der Waals surface area (Å²) in [6.07, 6.45) is 0. The van der Waals surface area contributed by atoms with E-state index in [1.165, 1.54) is 4.68 Å². The second-order valence-electron chi connectivity index (χ2n) is 4.01. The summed E-state index contributed by atoms with van der Waals surface area (Å²) in [6.45, 7) is 3.09. The second-order valence-corrected chi connectivity index (χ2v) is 4.01. The molecule has 0 bridgehead atoms. The zero-order valence-electron chi connectivity index (χ0n) is 9.33. The number of carbonyl (C=O) groups excluding carboxylic acids is 1. The molecule has 0 unspecified atom stereocenters. The van der Waals surface area contributed by atoms with Gasteiger partial charge in [0.05, 0.1) is 5.52 Å². The Balaban J connectivity index is 1.95. The van der Waals surface area contributed by atoms with Crippen molar-refractivity contribution in [1.82, 2.24) is 25.2 Å². The van der Waals surface area contributed by atoms with E-state index in [0.29, 0.717) is 13.1 Å². The van der Waals surface area contributed by atoms with Crippen LogP contribution in [0.1, 0.15) is 0 Å². The van der Waals surface area contributed by atoms with Crippen LogP contribution in [-0.2, 0) is 0 Å². The van der Waals surface area contributed by atoms with Crippen LogP contribution in [0, 0.1) is 0 Å². The molecule has 1 amide bonds. The maximum Gasteiger partial charge on any atom is 0.346 e. The molecule has 1 aliphatic rings. The fourth-order valence-electron chi connectivity index (χ4n) is 2.00. The first-order valence-corrected chi connectivity index (χ1v) is 5.67. The van der Waals surface area contributed by atoms with Gasteiger partial charge in [-0.05, 0) is 12.1 Å². The molecule has 1 aliphatic heterocycles. The van der Waals surface area contributed by atoms with E-state index in [1.807, 2.05) is 24.3 Å². The van der Waals surface area contributed by atoms with Gasteiger partial charge in [-0.15, -0.1) is 5.10 Å². The Labute approximate surface area is 98.2 Å². The van der Waals surface area contributed by atoms with Gasteiger partial charge >= 0.3 is 6.03 Å². The summed E-state index contributed by atoms with van der Waals surface area (Å²) < 4.78 is 1.38. The molecule has 88 valence electrons. The Morgan fingerprint density at radius 2 is 2.00 bits per heavy atom. The zero-order valence-corrected chi connectivity index (χ0v) is 9.33. The molecule has 6 heteroatoms. The van der Waals surface area contributed by atoms with Gasteiger partial charge in [0.25, 0.3) is 0 Å². The van der Waals surface area contributed by atoms with Gasteiger partial charge in [-0.25, -0.2) is 4.79 Å². The highest BCUT2D eigenvalue weighted by Gasteiger charge is 2.20. The molecule has 0 spiro atoms. The number of piperazine rings is 1. The van der Waals surface area contributed by atoms with Crippen molar-refractivity contribution >= 4 is 17.1 Å². The minimum absolute atomic E-state index is 0.0970. The van der Waals surface area contributed by atoms with Crippen molar-refractivity contribution in [2.24, 2.45) is 0 Å². The molecule has 6 nitrogen and oxygen atoms in total. The maximum absolute atomic E-state index is 12.2. The summed E-state index contributed by atoms with van der Waals surface area (Å²) in [7, 11) is 0. The van der Waals surface area contributed by atoms with Crippen LogP contribution in [0.2, 0.25) is 0 Å². The largest absolute Gasteiger partial charge is 0.346 e. The average Bonchev–Trinajstić information content (AvgIpc) is 2.83. The molecular weight excluding hydrogens is 218 g/mol. The van der Waals surface area contributed by atoms with Gasteiger partial charge in [0.2, 0.25) is 0 Å². The van der Waals surface area contributed by atoms with Gasteiger partial charge in [0.15, 0.2) is 0 Å². The quantitative estimate of drug-likeness (QED) is 0.708. The third kappa shape index (κ3) is 1.76. The predicted molar refractivity (Wildman–Crippen MR) is 62.8 cm³/mol. The topological polar surface area (TPSA) is 63.1 Å². The van der Waals surface area contributed by atoms with E-state index in [1.54, 1.807) is 4.90 Å². The Morgan fingerprint density at radius 1 is 1.24 bits per heavy atom. The second kappa shape index (κ2) is 4.14. The van der Waals surface area contributed by atoms with Crippen molar-refractivity contribution < 1.29 is 4.79 Å². The lowest BCUT2D eigenvalue weighted by molar-refractivity contribution is 0.189. The van der Waals surface area contributed by atoms with Gasteiger partial charge < -0.3 is 10.2 Å². The van der Waals surface area contributed by atoms with Crippen molar-refractivity contribution in [3.63, 3.8) is 0 Å². The van der Waals surface area contributed by atoms with Crippen LogP contribution >= 0.6 is 0 Å². The third-order valence-corrected chi connectivity index (χ3v) is 2.92. The van der Waals surface area contributed by atoms with Crippen molar-refractivity contribution in [1.29, 1.82) is 0 Å². The highest BCUT2D eigenvalue weighted by atomic mass is 16.2. The molecule has 0 radical (unpaired) electrons. The number of rotatable bonds is 0. The van der Waals surface area contributed by atoms with E-state index in [9.17, 15) is 4.79 Å². The van der Waals surface area contributed by atoms with Crippen LogP contribution in [0.5, 0.6) is 0 Å². The fraction of sp³-hybridized carbons (Fsp3) is 0.364. The summed E-state index contributed by atoms with van der Waals surface area (Å²) in [4.78, 5) is 14.0. The first kappa shape index (κ1) is 10.2. The molecular formula is C11H13N5O. The Morgan fingerprint density at radius 3 is 2.82 bits per heavy atom. The minimum atomic E-state index is -0.0970. The molecule has 2 heterocycles. The molecule has 1 aromatic heterocycles. The molecule has 1 saturated heterocycles. The molecule has 0 saturated carbocycles. The van der Waals surface area contributed by atoms with E-state index in [2.05, 4.69) is 15.6 Å². The number of nitrogens with zero attached hydrogens (tertiary/aromatic N) is 4. The summed E-state index contributed by atoms with van der Waals surface area (Å²) in [5.41, 5.74) is 1.51. The summed E-state index contributed by atoms with van der Waals surface area (Å²) in [5.74, 6) is 0. The number of carbonyl (C=O) groups is 1. The Bertz CT molecular complexity index is 544. The zero-order chi connectivity index (χ0) is 11.7. The van der Waals surface area contributed by atoms with Gasteiger partial charge in [-0.3, -0.25) is 0 Å². The molecule has 3 rings (SSSR count). The van der Waals surface area contributed by atoms with Gasteiger partial charge in [0, 0.05) is 26.2 Å². The highest BCUT2D eigenvalue weighted by Crippen LogP contribution is 2.11. The number of para-hydroxylation sites is 1. The number of fused-ring (bicyclic) bond motifs is 1. The van der Waals surface area contributed by atoms with Crippen molar-refractivity contribution in [2.75, 3.05) is 26.2 Å². The first-order valence-electron chi connectivity index (χ1n) is 5.67. The standard InChI is InChI=1S/C11H13N5O/c17-11(15-7-5-12-6-8-15)16-10-4-2-1-3-9(10)13-14-16/h1-4,12H,5-8H2. The molecule has 1 aromatic carbocycles. The van der Waals surface area contributed by atoms with Gasteiger partial charge in [-0.2, -0.15) is 4.68 Å². The van der Waals surface area contributed by atoms with Crippen molar-refractivity contribution in [2.45, 2.75) is 0 Å². The molecule has 0 aliphatic carbocycles. The lowest BCUT2D eigenvalue weighted by atomic mass is 10.3. The number of hydrogen-bond donors (Lipinski definition) is 1. The smallest absolute Gasteiger partial charge is 0.320 e. The third-order valence-electron chi connectivity index (χ3n) is 2.92. The molecule has 17 heavy (non-hydrogen) atoms. The van der Waals surface area contributed by atoms with Crippen LogP contribution in [0.15, 0.2) is 24.3 Å². The maximum atomic E-state index is 12.2. The van der Waals surface area contributed by atoms with Crippen LogP contribution < -0.4 is 5.32 Å². The molecule has 0 atom stereocenters. The summed E-state index contributed by atoms with van der Waals surface area (Å²) in [6, 6.07) is 7.38. The first-order chi connectivity index (χ1) is 8.36. The molecule has 1 fully saturated rings. The van der Waals surface area contributed by atoms with E-state index in [0.717, 1.165) is 24.1 Å². The van der Waals surface area contributed by atoms with Gasteiger partial charge in [0.1, 0.15) is 5.52 Å². The van der Waals surface area contributed by atoms with Crippen molar-refractivity contribution in [3.05, 3.63) is 24.3 Å². The van der Waals surface area contributed by atoms with Gasteiger partial charge in [-0.1, -0.05) is 17.3 Å². The SMILES string of the molecule is O=C(N1CCNCC1)n1nnc2ccccc21. The minimum Gasteiger partial charge on any atom is -0.320 e. The van der Waals surface area contributed by atoms with Crippen LogP contribution in [0.3, 0.4) is 0 Å². The molecule has 2 aromatic rings. The van der Waals surface area contributed by atoms with E-state index in [4.69, 9.17) is 0 Å². The number of aromatic nitrogens is 3. The highest BCUT2D eigenvalue weighted by molar-refractivity contribution is 5.87. The van der Waals surface area contributed by atoms with E-state index < -0.39 is 0 Å². The lowest BCUT2D eigenvalue weighted by Crippen LogP contribution is -2.48. The number of amides is 1. The van der Waals surface area contributed by atoms with Crippen molar-refractivity contribution in [3.8, 4) is 0 Å². The van der Waals surface area contributed by atoms with E-state index >= 15 is 0 Å². The van der Waals surface area contributed by atoms with Crippen LogP contribution in [0.25, 0.3) is 11.0 Å². The average molecular weight is 231 g/mol. The number of hydrogen-bond acceptors (Lipinski definition) is 4. The predicted octanol–water partition coefficient (Wildman–Crippen LogP) is 0.305. The lowest BCUT2D eigenvalue weighted by Gasteiger charge is -2.26. The monoisotopic (exact) mass is 231 g/mol. The summed E-state index contributed by atoms with van der Waals surface area (Å²) in [5, 5.41) is 11.1. The summed E-state index contributed by atoms with van der Waals surface area (Å²) >= 11 is 0. The van der Waals surface area contributed by atoms with E-state index in [-0.39, 0.29) is 6.03 Å². The number of benzene rings is 1. The molecule has 1 N–H and O–H groups in total. The normalized spacial score (nSPS) is 16.4. The Hall–Kier alpha value is -1.95. The Kier molecular flexibility index (Phi) is 2.49.